The molecule has 23 heavy (non-hydrogen) atoms. The molecule has 1 saturated heterocycles. The molecule has 1 aliphatic heterocycles. The molecule has 0 radical (unpaired) electrons. The molecule has 1 aromatic carbocycles. The average molecular weight is 330 g/mol. The molecule has 2 unspecified atom stereocenters. The predicted octanol–water partition coefficient (Wildman–Crippen LogP) is 2.95. The van der Waals surface area contributed by atoms with E-state index < -0.39 is 12.8 Å². The minimum absolute atomic E-state index is 0.0467. The van der Waals surface area contributed by atoms with Gasteiger partial charge in [-0.15, -0.1) is 0 Å². The highest BCUT2D eigenvalue weighted by molar-refractivity contribution is 5.82. The second-order valence-electron chi connectivity index (χ2n) is 5.71. The van der Waals surface area contributed by atoms with E-state index in [1.54, 1.807) is 12.1 Å². The molecule has 7 heteroatoms. The van der Waals surface area contributed by atoms with Crippen molar-refractivity contribution in [3.8, 4) is 5.75 Å². The van der Waals surface area contributed by atoms with Crippen molar-refractivity contribution in [2.75, 3.05) is 13.2 Å². The second-order valence-corrected chi connectivity index (χ2v) is 5.71. The van der Waals surface area contributed by atoms with Crippen molar-refractivity contribution < 1.29 is 22.7 Å². The number of piperidine rings is 1. The summed E-state index contributed by atoms with van der Waals surface area (Å²) in [6.07, 6.45) is -1.42. The Morgan fingerprint density at radius 3 is 2.61 bits per heavy atom. The van der Waals surface area contributed by atoms with Crippen LogP contribution in [0.25, 0.3) is 0 Å². The van der Waals surface area contributed by atoms with Crippen molar-refractivity contribution in [3.63, 3.8) is 0 Å². The average Bonchev–Trinajstić information content (AvgIpc) is 2.53. The topological polar surface area (TPSA) is 50.4 Å². The summed E-state index contributed by atoms with van der Waals surface area (Å²) in [6, 6.07) is 5.88. The number of hydrogen-bond acceptors (Lipinski definition) is 3. The maximum atomic E-state index is 12.1. The van der Waals surface area contributed by atoms with E-state index in [0.29, 0.717) is 0 Å². The Balaban J connectivity index is 1.86. The summed E-state index contributed by atoms with van der Waals surface area (Å²) in [6.45, 7) is 1.37. The van der Waals surface area contributed by atoms with Crippen LogP contribution in [-0.2, 0) is 4.79 Å². The molecule has 0 bridgehead atoms. The van der Waals surface area contributed by atoms with Crippen molar-refractivity contribution in [1.82, 2.24) is 10.6 Å². The number of carbonyl (C=O) groups is 1. The van der Waals surface area contributed by atoms with Gasteiger partial charge in [-0.05, 0) is 44.0 Å². The number of hydrogen-bond donors (Lipinski definition) is 2. The lowest BCUT2D eigenvalue weighted by molar-refractivity contribution is -0.153. The number of amides is 1. The smallest absolute Gasteiger partial charge is 0.422 e. The van der Waals surface area contributed by atoms with Crippen molar-refractivity contribution in [3.05, 3.63) is 29.8 Å². The summed E-state index contributed by atoms with van der Waals surface area (Å²) in [4.78, 5) is 12.1. The maximum Gasteiger partial charge on any atom is 0.422 e. The Morgan fingerprint density at radius 1 is 1.35 bits per heavy atom. The van der Waals surface area contributed by atoms with E-state index >= 15 is 0 Å². The molecule has 128 valence electrons. The van der Waals surface area contributed by atoms with Gasteiger partial charge in [-0.1, -0.05) is 18.6 Å². The van der Waals surface area contributed by atoms with E-state index in [1.165, 1.54) is 12.1 Å². The quantitative estimate of drug-likeness (QED) is 0.873. The molecule has 0 saturated carbocycles. The zero-order chi connectivity index (χ0) is 16.9. The molecule has 0 aromatic heterocycles. The van der Waals surface area contributed by atoms with Crippen LogP contribution in [0.2, 0.25) is 0 Å². The number of ether oxygens (including phenoxy) is 1. The van der Waals surface area contributed by atoms with Crippen molar-refractivity contribution in [1.29, 1.82) is 0 Å². The van der Waals surface area contributed by atoms with Crippen LogP contribution >= 0.6 is 0 Å². The standard InChI is InChI=1S/C16H21F3N2O2/c1-11(21-15(22)14-4-2-3-9-20-14)12-5-7-13(8-6-12)23-10-16(17,18)19/h5-8,11,14,20H,2-4,9-10H2,1H3,(H,21,22). The van der Waals surface area contributed by atoms with E-state index in [1.807, 2.05) is 6.92 Å². The number of rotatable bonds is 5. The van der Waals surface area contributed by atoms with Gasteiger partial charge >= 0.3 is 6.18 Å². The first-order chi connectivity index (χ1) is 10.8. The van der Waals surface area contributed by atoms with Crippen LogP contribution in [0, 0.1) is 0 Å². The van der Waals surface area contributed by atoms with Gasteiger partial charge in [0.15, 0.2) is 6.61 Å². The fourth-order valence-electron chi connectivity index (χ4n) is 2.49. The first-order valence-corrected chi connectivity index (χ1v) is 7.68. The Labute approximate surface area is 133 Å². The van der Waals surface area contributed by atoms with Gasteiger partial charge < -0.3 is 15.4 Å². The normalized spacial score (nSPS) is 19.9. The largest absolute Gasteiger partial charge is 0.484 e. The molecule has 4 nitrogen and oxygen atoms in total. The summed E-state index contributed by atoms with van der Waals surface area (Å²) < 4.78 is 40.9. The Morgan fingerprint density at radius 2 is 2.04 bits per heavy atom. The van der Waals surface area contributed by atoms with Crippen molar-refractivity contribution in [2.45, 2.75) is 44.4 Å². The summed E-state index contributed by atoms with van der Waals surface area (Å²) in [5, 5.41) is 6.10. The van der Waals surface area contributed by atoms with Gasteiger partial charge in [0.05, 0.1) is 12.1 Å². The van der Waals surface area contributed by atoms with Crippen LogP contribution in [0.1, 0.15) is 37.8 Å². The zero-order valence-electron chi connectivity index (χ0n) is 13.0. The van der Waals surface area contributed by atoms with E-state index in [-0.39, 0.29) is 23.7 Å². The van der Waals surface area contributed by atoms with E-state index in [9.17, 15) is 18.0 Å². The molecule has 1 aromatic rings. The monoisotopic (exact) mass is 330 g/mol. The number of benzene rings is 1. The van der Waals surface area contributed by atoms with E-state index in [4.69, 9.17) is 0 Å². The van der Waals surface area contributed by atoms with E-state index in [0.717, 1.165) is 31.4 Å². The van der Waals surface area contributed by atoms with Crippen LogP contribution < -0.4 is 15.4 Å². The maximum absolute atomic E-state index is 12.1. The van der Waals surface area contributed by atoms with Crippen molar-refractivity contribution >= 4 is 5.91 Å². The molecule has 1 heterocycles. The van der Waals surface area contributed by atoms with Gasteiger partial charge in [0, 0.05) is 0 Å². The number of halogens is 3. The predicted molar refractivity (Wildman–Crippen MR) is 80.2 cm³/mol. The van der Waals surface area contributed by atoms with Crippen molar-refractivity contribution in [2.24, 2.45) is 0 Å². The number of nitrogens with one attached hydrogen (secondary N) is 2. The molecule has 2 N–H and O–H groups in total. The van der Waals surface area contributed by atoms with Crippen LogP contribution in [0.3, 0.4) is 0 Å². The summed E-state index contributed by atoms with van der Waals surface area (Å²) in [7, 11) is 0. The third-order valence-corrected chi connectivity index (χ3v) is 3.77. The molecule has 1 fully saturated rings. The lowest BCUT2D eigenvalue weighted by Gasteiger charge is -2.24. The summed E-state index contributed by atoms with van der Waals surface area (Å²) >= 11 is 0. The Bertz CT molecular complexity index is 511. The molecule has 0 aliphatic carbocycles. The highest BCUT2D eigenvalue weighted by Crippen LogP contribution is 2.21. The first-order valence-electron chi connectivity index (χ1n) is 7.68. The Kier molecular flexibility index (Phi) is 5.87. The van der Waals surface area contributed by atoms with Gasteiger partial charge in [0.1, 0.15) is 5.75 Å². The fourth-order valence-corrected chi connectivity index (χ4v) is 2.49. The molecule has 0 spiro atoms. The second kappa shape index (κ2) is 7.68. The van der Waals surface area contributed by atoms with Crippen LogP contribution in [0.5, 0.6) is 5.75 Å². The van der Waals surface area contributed by atoms with Gasteiger partial charge in [0.2, 0.25) is 5.91 Å². The molecule has 2 atom stereocenters. The molecular weight excluding hydrogens is 309 g/mol. The summed E-state index contributed by atoms with van der Waals surface area (Å²) in [5.41, 5.74) is 0.813. The Hall–Kier alpha value is -1.76. The minimum atomic E-state index is -4.35. The highest BCUT2D eigenvalue weighted by Gasteiger charge is 2.28. The molecular formula is C16H21F3N2O2. The third kappa shape index (κ3) is 5.74. The highest BCUT2D eigenvalue weighted by atomic mass is 19.4. The lowest BCUT2D eigenvalue weighted by Crippen LogP contribution is -2.47. The minimum Gasteiger partial charge on any atom is -0.484 e. The SMILES string of the molecule is CC(NC(=O)C1CCCCN1)c1ccc(OCC(F)(F)F)cc1. The molecule has 1 amide bonds. The van der Waals surface area contributed by atoms with Gasteiger partial charge in [0.25, 0.3) is 0 Å². The van der Waals surface area contributed by atoms with Crippen LogP contribution in [0.15, 0.2) is 24.3 Å². The molecule has 1 aliphatic rings. The van der Waals surface area contributed by atoms with Gasteiger partial charge in [-0.25, -0.2) is 0 Å². The summed E-state index contributed by atoms with van der Waals surface area (Å²) in [5.74, 6) is 0.105. The van der Waals surface area contributed by atoms with Crippen LogP contribution in [0.4, 0.5) is 13.2 Å². The first kappa shape index (κ1) is 17.6. The molecule has 2 rings (SSSR count). The van der Waals surface area contributed by atoms with E-state index in [2.05, 4.69) is 15.4 Å². The number of carbonyl (C=O) groups excluding carboxylic acids is 1. The zero-order valence-corrected chi connectivity index (χ0v) is 13.0. The van der Waals surface area contributed by atoms with Crippen LogP contribution in [-0.4, -0.2) is 31.3 Å². The number of alkyl halides is 3. The van der Waals surface area contributed by atoms with Gasteiger partial charge in [-0.3, -0.25) is 4.79 Å². The lowest BCUT2D eigenvalue weighted by atomic mass is 10.0. The third-order valence-electron chi connectivity index (χ3n) is 3.77. The van der Waals surface area contributed by atoms with Gasteiger partial charge in [-0.2, -0.15) is 13.2 Å². The fraction of sp³-hybridized carbons (Fsp3) is 0.562.